The van der Waals surface area contributed by atoms with E-state index in [1.165, 1.54) is 0 Å². The summed E-state index contributed by atoms with van der Waals surface area (Å²) < 4.78 is 2.79. The fraction of sp³-hybridized carbons (Fsp3) is 0.273. The van der Waals surface area contributed by atoms with Crippen molar-refractivity contribution in [3.8, 4) is 0 Å². The second-order valence-corrected chi connectivity index (χ2v) is 4.78. The van der Waals surface area contributed by atoms with Crippen LogP contribution in [0.3, 0.4) is 0 Å². The molecule has 17 heavy (non-hydrogen) atoms. The largest absolute Gasteiger partial charge is 0.356 e. The van der Waals surface area contributed by atoms with Gasteiger partial charge in [0.25, 0.3) is 5.91 Å². The van der Waals surface area contributed by atoms with Crippen LogP contribution in [-0.4, -0.2) is 26.5 Å². The predicted octanol–water partition coefficient (Wildman–Crippen LogP) is 1.79. The number of nitrogens with one attached hydrogen (secondary N) is 2. The summed E-state index contributed by atoms with van der Waals surface area (Å²) in [4.78, 5) is 18.7. The highest BCUT2D eigenvalue weighted by atomic mass is 79.9. The molecular formula is C11H13BrN4O. The van der Waals surface area contributed by atoms with Crippen molar-refractivity contribution in [1.29, 1.82) is 0 Å². The zero-order valence-electron chi connectivity index (χ0n) is 9.35. The minimum Gasteiger partial charge on any atom is -0.356 e. The highest BCUT2D eigenvalue weighted by molar-refractivity contribution is 9.10. The summed E-state index contributed by atoms with van der Waals surface area (Å²) in [5.74, 6) is -0.108. The van der Waals surface area contributed by atoms with E-state index in [-0.39, 0.29) is 11.9 Å². The minimum absolute atomic E-state index is 0.0405. The Bertz CT molecular complexity index is 491. The fourth-order valence-electron chi connectivity index (χ4n) is 1.56. The number of hydrogen-bond acceptors (Lipinski definition) is 2. The lowest BCUT2D eigenvalue weighted by molar-refractivity contribution is 0.0932. The van der Waals surface area contributed by atoms with Crippen molar-refractivity contribution in [2.45, 2.75) is 19.5 Å². The van der Waals surface area contributed by atoms with Crippen LogP contribution >= 0.6 is 15.9 Å². The lowest BCUT2D eigenvalue weighted by atomic mass is 10.3. The molecule has 1 atom stereocenters. The number of aromatic nitrogens is 3. The number of hydrogen-bond donors (Lipinski definition) is 2. The van der Waals surface area contributed by atoms with E-state index in [1.807, 2.05) is 17.7 Å². The second kappa shape index (κ2) is 5.18. The number of halogens is 1. The molecule has 0 fully saturated rings. The molecule has 5 nitrogen and oxygen atoms in total. The van der Waals surface area contributed by atoms with Crippen molar-refractivity contribution in [3.63, 3.8) is 0 Å². The van der Waals surface area contributed by atoms with Crippen LogP contribution in [0.1, 0.15) is 17.4 Å². The maximum atomic E-state index is 11.8. The standard InChI is InChI=1S/C11H13BrN4O/c1-8(6-16-3-2-13-7-16)15-11(17)10-4-9(12)5-14-10/h2-5,7-8,14H,6H2,1H3,(H,15,17)/t8-/m1/s1. The third-order valence-electron chi connectivity index (χ3n) is 2.31. The summed E-state index contributed by atoms with van der Waals surface area (Å²) in [6.07, 6.45) is 7.05. The third-order valence-corrected chi connectivity index (χ3v) is 2.77. The van der Waals surface area contributed by atoms with Crippen molar-refractivity contribution in [1.82, 2.24) is 19.9 Å². The average Bonchev–Trinajstić information content (AvgIpc) is 2.89. The van der Waals surface area contributed by atoms with Gasteiger partial charge in [0.1, 0.15) is 5.69 Å². The number of H-pyrrole nitrogens is 1. The quantitative estimate of drug-likeness (QED) is 0.904. The summed E-state index contributed by atoms with van der Waals surface area (Å²) in [6.45, 7) is 2.66. The van der Waals surface area contributed by atoms with Gasteiger partial charge in [-0.05, 0) is 28.9 Å². The fourth-order valence-corrected chi connectivity index (χ4v) is 1.90. The molecule has 0 unspecified atom stereocenters. The van der Waals surface area contributed by atoms with Crippen LogP contribution < -0.4 is 5.32 Å². The van der Waals surface area contributed by atoms with Crippen molar-refractivity contribution in [2.75, 3.05) is 0 Å². The second-order valence-electron chi connectivity index (χ2n) is 3.87. The van der Waals surface area contributed by atoms with E-state index in [2.05, 4.69) is 31.2 Å². The molecular weight excluding hydrogens is 284 g/mol. The van der Waals surface area contributed by atoms with E-state index in [0.717, 1.165) is 4.47 Å². The van der Waals surface area contributed by atoms with E-state index >= 15 is 0 Å². The first-order chi connectivity index (χ1) is 8.15. The Kier molecular flexibility index (Phi) is 3.63. The van der Waals surface area contributed by atoms with E-state index < -0.39 is 0 Å². The first-order valence-electron chi connectivity index (χ1n) is 5.25. The van der Waals surface area contributed by atoms with Crippen LogP contribution in [0.15, 0.2) is 35.5 Å². The van der Waals surface area contributed by atoms with Crippen LogP contribution in [0.25, 0.3) is 0 Å². The van der Waals surface area contributed by atoms with Gasteiger partial charge in [-0.1, -0.05) is 0 Å². The van der Waals surface area contributed by atoms with Crippen LogP contribution in [0.4, 0.5) is 0 Å². The molecule has 2 rings (SSSR count). The zero-order valence-corrected chi connectivity index (χ0v) is 10.9. The highest BCUT2D eigenvalue weighted by Crippen LogP contribution is 2.10. The summed E-state index contributed by atoms with van der Waals surface area (Å²) in [5, 5.41) is 2.91. The summed E-state index contributed by atoms with van der Waals surface area (Å²) in [6, 6.07) is 1.79. The van der Waals surface area contributed by atoms with Gasteiger partial charge in [-0.15, -0.1) is 0 Å². The monoisotopic (exact) mass is 296 g/mol. The SMILES string of the molecule is C[C@H](Cn1ccnc1)NC(=O)c1cc(Br)c[nH]1. The van der Waals surface area contributed by atoms with Gasteiger partial charge in [0.05, 0.1) is 6.33 Å². The van der Waals surface area contributed by atoms with Gasteiger partial charge in [0.15, 0.2) is 0 Å². The van der Waals surface area contributed by atoms with E-state index in [9.17, 15) is 4.79 Å². The number of amides is 1. The molecule has 0 radical (unpaired) electrons. The minimum atomic E-state index is -0.108. The Hall–Kier alpha value is -1.56. The van der Waals surface area contributed by atoms with Gasteiger partial charge in [0.2, 0.25) is 0 Å². The maximum absolute atomic E-state index is 11.8. The van der Waals surface area contributed by atoms with Crippen molar-refractivity contribution in [2.24, 2.45) is 0 Å². The Morgan fingerprint density at radius 3 is 3.12 bits per heavy atom. The van der Waals surface area contributed by atoms with E-state index in [0.29, 0.717) is 12.2 Å². The Morgan fingerprint density at radius 2 is 2.53 bits per heavy atom. The zero-order chi connectivity index (χ0) is 12.3. The average molecular weight is 297 g/mol. The topological polar surface area (TPSA) is 62.7 Å². The Morgan fingerprint density at radius 1 is 1.71 bits per heavy atom. The number of aromatic amines is 1. The molecule has 0 aliphatic rings. The molecule has 90 valence electrons. The normalized spacial score (nSPS) is 12.4. The van der Waals surface area contributed by atoms with Gasteiger partial charge in [0, 0.05) is 35.6 Å². The molecule has 0 spiro atoms. The predicted molar refractivity (Wildman–Crippen MR) is 67.6 cm³/mol. The Balaban J connectivity index is 1.90. The first kappa shape index (κ1) is 11.9. The molecule has 0 aliphatic heterocycles. The van der Waals surface area contributed by atoms with Gasteiger partial charge in [-0.25, -0.2) is 4.98 Å². The summed E-state index contributed by atoms with van der Waals surface area (Å²) in [5.41, 5.74) is 0.550. The van der Waals surface area contributed by atoms with Gasteiger partial charge >= 0.3 is 0 Å². The molecule has 2 N–H and O–H groups in total. The smallest absolute Gasteiger partial charge is 0.268 e. The van der Waals surface area contributed by atoms with Gasteiger partial charge < -0.3 is 14.9 Å². The van der Waals surface area contributed by atoms with Gasteiger partial charge in [-0.3, -0.25) is 4.79 Å². The van der Waals surface area contributed by atoms with Crippen molar-refractivity contribution in [3.05, 3.63) is 41.2 Å². The van der Waals surface area contributed by atoms with Gasteiger partial charge in [-0.2, -0.15) is 0 Å². The van der Waals surface area contributed by atoms with Crippen molar-refractivity contribution < 1.29 is 4.79 Å². The highest BCUT2D eigenvalue weighted by Gasteiger charge is 2.11. The molecule has 0 bridgehead atoms. The van der Waals surface area contributed by atoms with Crippen LogP contribution in [0, 0.1) is 0 Å². The van der Waals surface area contributed by atoms with Crippen LogP contribution in [0.5, 0.6) is 0 Å². The molecule has 2 heterocycles. The lowest BCUT2D eigenvalue weighted by Crippen LogP contribution is -2.35. The number of rotatable bonds is 4. The number of carbonyl (C=O) groups excluding carboxylic acids is 1. The Labute approximate surface area is 107 Å². The van der Waals surface area contributed by atoms with E-state index in [1.54, 1.807) is 24.8 Å². The summed E-state index contributed by atoms with van der Waals surface area (Å²) >= 11 is 3.29. The first-order valence-corrected chi connectivity index (χ1v) is 6.05. The summed E-state index contributed by atoms with van der Waals surface area (Å²) in [7, 11) is 0. The van der Waals surface area contributed by atoms with Crippen LogP contribution in [-0.2, 0) is 6.54 Å². The van der Waals surface area contributed by atoms with Crippen molar-refractivity contribution >= 4 is 21.8 Å². The van der Waals surface area contributed by atoms with Crippen LogP contribution in [0.2, 0.25) is 0 Å². The number of nitrogens with zero attached hydrogens (tertiary/aromatic N) is 2. The number of carbonyl (C=O) groups is 1. The maximum Gasteiger partial charge on any atom is 0.268 e. The van der Waals surface area contributed by atoms with E-state index in [4.69, 9.17) is 0 Å². The molecule has 2 aromatic rings. The molecule has 0 aliphatic carbocycles. The lowest BCUT2D eigenvalue weighted by Gasteiger charge is -2.13. The molecule has 6 heteroatoms. The molecule has 0 saturated heterocycles. The molecule has 0 aromatic carbocycles. The molecule has 2 aromatic heterocycles. The third kappa shape index (κ3) is 3.20. The molecule has 1 amide bonds. The molecule has 0 saturated carbocycles. The number of imidazole rings is 1.